The predicted molar refractivity (Wildman–Crippen MR) is 93.9 cm³/mol. The summed E-state index contributed by atoms with van der Waals surface area (Å²) in [7, 11) is 1.79. The van der Waals surface area contributed by atoms with Gasteiger partial charge in [-0.3, -0.25) is 4.79 Å². The molecule has 3 rings (SSSR count). The number of phenolic OH excluding ortho intramolecular Hbond substituents is 2. The van der Waals surface area contributed by atoms with Crippen molar-refractivity contribution in [2.45, 2.75) is 51.5 Å². The van der Waals surface area contributed by atoms with Crippen molar-refractivity contribution in [2.24, 2.45) is 0 Å². The van der Waals surface area contributed by atoms with Crippen molar-refractivity contribution < 1.29 is 19.4 Å². The number of amides is 1. The third-order valence-electron chi connectivity index (χ3n) is 5.25. The van der Waals surface area contributed by atoms with Crippen molar-refractivity contribution in [3.8, 4) is 11.5 Å². The fourth-order valence-corrected chi connectivity index (χ4v) is 3.58. The van der Waals surface area contributed by atoms with Crippen LogP contribution in [-0.4, -0.2) is 34.1 Å². The molecule has 1 amide bonds. The van der Waals surface area contributed by atoms with E-state index in [1.165, 1.54) is 12.5 Å². The Morgan fingerprint density at radius 1 is 1.24 bits per heavy atom. The number of aryl methyl sites for hydroxylation is 1. The van der Waals surface area contributed by atoms with Gasteiger partial charge in [0.25, 0.3) is 0 Å². The summed E-state index contributed by atoms with van der Waals surface area (Å²) in [6.45, 7) is 1.72. The minimum Gasteiger partial charge on any atom is -0.504 e. The van der Waals surface area contributed by atoms with Crippen molar-refractivity contribution in [1.82, 2.24) is 4.90 Å². The number of hydrogen-bond acceptors (Lipinski definition) is 5. The highest BCUT2D eigenvalue weighted by Crippen LogP contribution is 2.34. The second-order valence-corrected chi connectivity index (χ2v) is 6.78. The van der Waals surface area contributed by atoms with E-state index in [0.717, 1.165) is 25.7 Å². The zero-order valence-electron chi connectivity index (χ0n) is 14.5. The molecule has 1 saturated carbocycles. The van der Waals surface area contributed by atoms with E-state index in [9.17, 15) is 19.8 Å². The molecule has 0 spiro atoms. The van der Waals surface area contributed by atoms with Crippen LogP contribution < -0.4 is 5.63 Å². The first-order valence-corrected chi connectivity index (χ1v) is 8.63. The van der Waals surface area contributed by atoms with Gasteiger partial charge in [-0.2, -0.15) is 0 Å². The van der Waals surface area contributed by atoms with Gasteiger partial charge >= 0.3 is 5.63 Å². The average Bonchev–Trinajstić information content (AvgIpc) is 2.62. The van der Waals surface area contributed by atoms with Crippen LogP contribution in [0.15, 0.2) is 21.3 Å². The average molecular weight is 345 g/mol. The zero-order valence-corrected chi connectivity index (χ0v) is 14.5. The van der Waals surface area contributed by atoms with Crippen LogP contribution in [0.2, 0.25) is 0 Å². The molecule has 6 heteroatoms. The number of aromatic hydroxyl groups is 2. The standard InChI is InChI=1S/C19H23NO5/c1-11-13-8-9-15(21)17(23)18(13)25-19(24)14(11)10-16(22)20(2)12-6-4-3-5-7-12/h8-9,12,21,23H,3-7,10H2,1-2H3. The Morgan fingerprint density at radius 3 is 2.60 bits per heavy atom. The van der Waals surface area contributed by atoms with Gasteiger partial charge in [-0.15, -0.1) is 0 Å². The molecule has 1 aliphatic carbocycles. The number of hydrogen-bond donors (Lipinski definition) is 2. The highest BCUT2D eigenvalue weighted by molar-refractivity contribution is 5.89. The lowest BCUT2D eigenvalue weighted by Crippen LogP contribution is -2.39. The first-order chi connectivity index (χ1) is 11.9. The summed E-state index contributed by atoms with van der Waals surface area (Å²) < 4.78 is 5.18. The molecule has 0 unspecified atom stereocenters. The monoisotopic (exact) mass is 345 g/mol. The van der Waals surface area contributed by atoms with E-state index in [4.69, 9.17) is 4.42 Å². The van der Waals surface area contributed by atoms with Crippen LogP contribution in [-0.2, 0) is 11.2 Å². The van der Waals surface area contributed by atoms with E-state index in [1.807, 2.05) is 0 Å². The molecule has 0 bridgehead atoms. The van der Waals surface area contributed by atoms with Crippen molar-refractivity contribution >= 4 is 16.9 Å². The number of rotatable bonds is 3. The maximum atomic E-state index is 12.6. The minimum absolute atomic E-state index is 0.0290. The molecular formula is C19H23NO5. The Labute approximate surface area is 145 Å². The van der Waals surface area contributed by atoms with Gasteiger partial charge in [0.15, 0.2) is 11.3 Å². The number of benzene rings is 1. The molecule has 1 heterocycles. The molecule has 0 aliphatic heterocycles. The number of nitrogens with zero attached hydrogens (tertiary/aromatic N) is 1. The maximum absolute atomic E-state index is 12.6. The largest absolute Gasteiger partial charge is 0.504 e. The van der Waals surface area contributed by atoms with E-state index in [2.05, 4.69) is 0 Å². The summed E-state index contributed by atoms with van der Waals surface area (Å²) in [6.07, 6.45) is 5.44. The smallest absolute Gasteiger partial charge is 0.340 e. The molecule has 25 heavy (non-hydrogen) atoms. The Bertz CT molecular complexity index is 864. The van der Waals surface area contributed by atoms with Crippen LogP contribution in [0.25, 0.3) is 11.0 Å². The summed E-state index contributed by atoms with van der Waals surface area (Å²) in [5.41, 5.74) is 0.174. The summed E-state index contributed by atoms with van der Waals surface area (Å²) >= 11 is 0. The van der Waals surface area contributed by atoms with Crippen molar-refractivity contribution in [2.75, 3.05) is 7.05 Å². The summed E-state index contributed by atoms with van der Waals surface area (Å²) in [6, 6.07) is 3.14. The SMILES string of the molecule is Cc1c(CC(=O)N(C)C2CCCCC2)c(=O)oc2c(O)c(O)ccc12. The van der Waals surface area contributed by atoms with Crippen molar-refractivity contribution in [3.05, 3.63) is 33.7 Å². The summed E-state index contributed by atoms with van der Waals surface area (Å²) in [4.78, 5) is 26.7. The zero-order chi connectivity index (χ0) is 18.1. The molecule has 1 fully saturated rings. The predicted octanol–water partition coefficient (Wildman–Crippen LogP) is 2.85. The number of fused-ring (bicyclic) bond motifs is 1. The third-order valence-corrected chi connectivity index (χ3v) is 5.25. The molecule has 134 valence electrons. The first kappa shape index (κ1) is 17.3. The summed E-state index contributed by atoms with van der Waals surface area (Å²) in [5, 5.41) is 20.0. The molecule has 6 nitrogen and oxygen atoms in total. The van der Waals surface area contributed by atoms with Gasteiger partial charge in [-0.25, -0.2) is 4.79 Å². The van der Waals surface area contributed by atoms with Crippen LogP contribution in [0.3, 0.4) is 0 Å². The molecule has 1 aromatic carbocycles. The lowest BCUT2D eigenvalue weighted by Gasteiger charge is -2.31. The molecule has 2 N–H and O–H groups in total. The lowest BCUT2D eigenvalue weighted by molar-refractivity contribution is -0.131. The molecule has 0 radical (unpaired) electrons. The van der Waals surface area contributed by atoms with Gasteiger partial charge in [0.2, 0.25) is 11.7 Å². The minimum atomic E-state index is -0.656. The number of phenols is 2. The Morgan fingerprint density at radius 2 is 1.92 bits per heavy atom. The molecule has 0 saturated heterocycles. The van der Waals surface area contributed by atoms with Crippen LogP contribution in [0, 0.1) is 6.92 Å². The van der Waals surface area contributed by atoms with E-state index >= 15 is 0 Å². The Hall–Kier alpha value is -2.50. The van der Waals surface area contributed by atoms with Crippen LogP contribution in [0.4, 0.5) is 0 Å². The highest BCUT2D eigenvalue weighted by Gasteiger charge is 2.24. The van der Waals surface area contributed by atoms with E-state index in [1.54, 1.807) is 24.9 Å². The molecule has 1 aromatic heterocycles. The van der Waals surface area contributed by atoms with Gasteiger partial charge in [0.1, 0.15) is 0 Å². The van der Waals surface area contributed by atoms with E-state index < -0.39 is 11.4 Å². The normalized spacial score (nSPS) is 15.4. The van der Waals surface area contributed by atoms with Gasteiger partial charge in [-0.05, 0) is 37.5 Å². The third kappa shape index (κ3) is 3.21. The van der Waals surface area contributed by atoms with Crippen LogP contribution in [0.5, 0.6) is 11.5 Å². The summed E-state index contributed by atoms with van der Waals surface area (Å²) in [5.74, 6) is -0.921. The van der Waals surface area contributed by atoms with Crippen molar-refractivity contribution in [1.29, 1.82) is 0 Å². The highest BCUT2D eigenvalue weighted by atomic mass is 16.4. The molecule has 1 aliphatic rings. The fraction of sp³-hybridized carbons (Fsp3) is 0.474. The molecule has 2 aromatic rings. The number of carbonyl (C=O) groups excluding carboxylic acids is 1. The molecule has 0 atom stereocenters. The quantitative estimate of drug-likeness (QED) is 0.659. The maximum Gasteiger partial charge on any atom is 0.340 e. The van der Waals surface area contributed by atoms with Gasteiger partial charge in [-0.1, -0.05) is 19.3 Å². The van der Waals surface area contributed by atoms with Gasteiger partial charge in [0, 0.05) is 18.5 Å². The number of likely N-dealkylation sites (N-methyl/N-ethyl adjacent to an activating group) is 1. The first-order valence-electron chi connectivity index (χ1n) is 8.63. The van der Waals surface area contributed by atoms with Gasteiger partial charge in [0.05, 0.1) is 12.0 Å². The lowest BCUT2D eigenvalue weighted by atomic mass is 9.94. The second kappa shape index (κ2) is 6.78. The Kier molecular flexibility index (Phi) is 4.70. The fourth-order valence-electron chi connectivity index (χ4n) is 3.58. The van der Waals surface area contributed by atoms with Crippen molar-refractivity contribution in [3.63, 3.8) is 0 Å². The molecular weight excluding hydrogens is 322 g/mol. The van der Waals surface area contributed by atoms with Crippen LogP contribution in [0.1, 0.15) is 43.2 Å². The van der Waals surface area contributed by atoms with Crippen LogP contribution >= 0.6 is 0 Å². The van der Waals surface area contributed by atoms with E-state index in [0.29, 0.717) is 16.5 Å². The van der Waals surface area contributed by atoms with Gasteiger partial charge < -0.3 is 19.5 Å². The van der Waals surface area contributed by atoms with E-state index in [-0.39, 0.29) is 29.7 Å². The Balaban J connectivity index is 1.92. The number of carbonyl (C=O) groups is 1. The second-order valence-electron chi connectivity index (χ2n) is 6.78. The topological polar surface area (TPSA) is 91.0 Å².